The summed E-state index contributed by atoms with van der Waals surface area (Å²) >= 11 is 7.45. The Morgan fingerprint density at radius 1 is 1.35 bits per heavy atom. The number of thioether (sulfide) groups is 1. The van der Waals surface area contributed by atoms with Gasteiger partial charge in [-0.1, -0.05) is 23.7 Å². The fraction of sp³-hybridized carbons (Fsp3) is 0.235. The van der Waals surface area contributed by atoms with Crippen molar-refractivity contribution in [3.63, 3.8) is 0 Å². The number of halogens is 2. The van der Waals surface area contributed by atoms with Crippen LogP contribution in [0.25, 0.3) is 0 Å². The fourth-order valence-corrected chi connectivity index (χ4v) is 3.54. The van der Waals surface area contributed by atoms with Gasteiger partial charge in [0.05, 0.1) is 18.1 Å². The van der Waals surface area contributed by atoms with Crippen LogP contribution in [0.5, 0.6) is 5.75 Å². The van der Waals surface area contributed by atoms with Crippen molar-refractivity contribution in [1.82, 2.24) is 0 Å². The van der Waals surface area contributed by atoms with E-state index in [1.54, 1.807) is 37.4 Å². The van der Waals surface area contributed by atoms with E-state index < -0.39 is 5.82 Å². The van der Waals surface area contributed by atoms with E-state index in [0.29, 0.717) is 10.6 Å². The number of benzene rings is 2. The highest BCUT2D eigenvalue weighted by Crippen LogP contribution is 2.42. The van der Waals surface area contributed by atoms with E-state index in [1.165, 1.54) is 18.9 Å². The van der Waals surface area contributed by atoms with Gasteiger partial charge < -0.3 is 14.8 Å². The molecule has 2 aromatic rings. The molecule has 0 aliphatic rings. The summed E-state index contributed by atoms with van der Waals surface area (Å²) in [5.41, 5.74) is 2.11. The third-order valence-electron chi connectivity index (χ3n) is 3.39. The van der Waals surface area contributed by atoms with Gasteiger partial charge in [0.2, 0.25) is 0 Å². The molecule has 0 fully saturated rings. The van der Waals surface area contributed by atoms with Crippen molar-refractivity contribution in [2.75, 3.05) is 25.2 Å². The average Bonchev–Trinajstić information content (AvgIpc) is 2.56. The first-order chi connectivity index (χ1) is 11.1. The largest absolute Gasteiger partial charge is 0.494 e. The predicted octanol–water partition coefficient (Wildman–Crippen LogP) is 4.55. The molecule has 0 amide bonds. The number of rotatable bonds is 7. The van der Waals surface area contributed by atoms with E-state index >= 15 is 0 Å². The Morgan fingerprint density at radius 3 is 2.78 bits per heavy atom. The van der Waals surface area contributed by atoms with Crippen LogP contribution < -0.4 is 10.1 Å². The zero-order chi connectivity index (χ0) is 16.8. The molecule has 0 saturated carbocycles. The Bertz CT molecular complexity index is 696. The molecule has 1 unspecified atom stereocenters. The van der Waals surface area contributed by atoms with Crippen LogP contribution in [0, 0.1) is 5.82 Å². The van der Waals surface area contributed by atoms with Crippen LogP contribution in [0.4, 0.5) is 10.1 Å². The van der Waals surface area contributed by atoms with Crippen LogP contribution >= 0.6 is 23.4 Å². The quantitative estimate of drug-likeness (QED) is 0.741. The number of anilines is 1. The summed E-state index contributed by atoms with van der Waals surface area (Å²) in [7, 11) is 3.21. The number of carbonyl (C=O) groups is 1. The van der Waals surface area contributed by atoms with Crippen molar-refractivity contribution in [3.05, 3.63) is 58.4 Å². The van der Waals surface area contributed by atoms with Gasteiger partial charge in [-0.05, 0) is 29.8 Å². The molecule has 1 N–H and O–H groups in total. The summed E-state index contributed by atoms with van der Waals surface area (Å²) in [5.74, 6) is -0.00978. The number of aldehydes is 1. The van der Waals surface area contributed by atoms with Crippen LogP contribution in [-0.4, -0.2) is 26.2 Å². The van der Waals surface area contributed by atoms with Gasteiger partial charge >= 0.3 is 0 Å². The molecular formula is C17H17ClFNO2S. The number of ether oxygens (including phenoxy) is 1. The molecule has 0 heterocycles. The van der Waals surface area contributed by atoms with E-state index in [1.807, 2.05) is 6.07 Å². The van der Waals surface area contributed by atoms with Crippen molar-refractivity contribution in [1.29, 1.82) is 0 Å². The van der Waals surface area contributed by atoms with E-state index in [4.69, 9.17) is 16.3 Å². The van der Waals surface area contributed by atoms with Crippen LogP contribution in [0.15, 0.2) is 36.4 Å². The van der Waals surface area contributed by atoms with Gasteiger partial charge in [0.15, 0.2) is 11.6 Å². The summed E-state index contributed by atoms with van der Waals surface area (Å²) in [6, 6.07) is 10.4. The first-order valence-corrected chi connectivity index (χ1v) is 8.39. The van der Waals surface area contributed by atoms with E-state index in [-0.39, 0.29) is 16.8 Å². The van der Waals surface area contributed by atoms with Gasteiger partial charge in [0.1, 0.15) is 6.29 Å². The summed E-state index contributed by atoms with van der Waals surface area (Å²) < 4.78 is 19.8. The second-order valence-corrected chi connectivity index (χ2v) is 6.30. The third kappa shape index (κ3) is 3.98. The Hall–Kier alpha value is -1.72. The van der Waals surface area contributed by atoms with Gasteiger partial charge in [-0.25, -0.2) is 4.39 Å². The average molecular weight is 354 g/mol. The topological polar surface area (TPSA) is 38.3 Å². The summed E-state index contributed by atoms with van der Waals surface area (Å²) in [5, 5.41) is 3.26. The van der Waals surface area contributed by atoms with Crippen molar-refractivity contribution >= 4 is 35.3 Å². The smallest absolute Gasteiger partial charge is 0.169 e. The normalized spacial score (nSPS) is 11.8. The molecule has 2 rings (SSSR count). The molecular weight excluding hydrogens is 337 g/mol. The minimum absolute atomic E-state index is 0.173. The van der Waals surface area contributed by atoms with Crippen molar-refractivity contribution < 1.29 is 13.9 Å². The summed E-state index contributed by atoms with van der Waals surface area (Å²) in [6.45, 7) is 0. The molecule has 0 aliphatic heterocycles. The van der Waals surface area contributed by atoms with Crippen molar-refractivity contribution in [2.24, 2.45) is 0 Å². The zero-order valence-electron chi connectivity index (χ0n) is 12.8. The number of hydrogen-bond acceptors (Lipinski definition) is 4. The molecule has 1 atom stereocenters. The highest BCUT2D eigenvalue weighted by Gasteiger charge is 2.23. The van der Waals surface area contributed by atoms with Gasteiger partial charge in [-0.2, -0.15) is 0 Å². The summed E-state index contributed by atoms with van der Waals surface area (Å²) in [6.07, 6.45) is 0.805. The standard InChI is InChI=1S/C17H17ClFNO2S/c1-20-14-7-6-11(18)10-13(14)17(23-9-8-21)12-4-3-5-15(22-2)16(12)19/h3-8,10,17,20H,9H2,1-2H3. The molecule has 0 radical (unpaired) electrons. The second kappa shape index (κ2) is 8.22. The highest BCUT2D eigenvalue weighted by atomic mass is 35.5. The number of hydrogen-bond donors (Lipinski definition) is 1. The maximum atomic E-state index is 14.7. The van der Waals surface area contributed by atoms with Crippen molar-refractivity contribution in [3.8, 4) is 5.75 Å². The second-order valence-electron chi connectivity index (χ2n) is 4.73. The van der Waals surface area contributed by atoms with Crippen LogP contribution in [0.3, 0.4) is 0 Å². The Balaban J connectivity index is 2.58. The van der Waals surface area contributed by atoms with Crippen LogP contribution in [0.2, 0.25) is 5.02 Å². The Kier molecular flexibility index (Phi) is 6.30. The number of carbonyl (C=O) groups excluding carboxylic acids is 1. The summed E-state index contributed by atoms with van der Waals surface area (Å²) in [4.78, 5) is 10.8. The lowest BCUT2D eigenvalue weighted by molar-refractivity contribution is -0.105. The molecule has 0 spiro atoms. The lowest BCUT2D eigenvalue weighted by Crippen LogP contribution is -2.06. The molecule has 2 aromatic carbocycles. The van der Waals surface area contributed by atoms with E-state index in [2.05, 4.69) is 5.32 Å². The SMILES string of the molecule is CNc1ccc(Cl)cc1C(SCC=O)c1cccc(OC)c1F. The molecule has 0 aromatic heterocycles. The molecule has 3 nitrogen and oxygen atoms in total. The van der Waals surface area contributed by atoms with Crippen LogP contribution in [0.1, 0.15) is 16.4 Å². The molecule has 6 heteroatoms. The first kappa shape index (κ1) is 17.6. The monoisotopic (exact) mass is 353 g/mol. The number of methoxy groups -OCH3 is 1. The fourth-order valence-electron chi connectivity index (χ4n) is 2.35. The highest BCUT2D eigenvalue weighted by molar-refractivity contribution is 8.00. The maximum Gasteiger partial charge on any atom is 0.169 e. The maximum absolute atomic E-state index is 14.7. The van der Waals surface area contributed by atoms with Gasteiger partial charge in [-0.3, -0.25) is 0 Å². The molecule has 0 aliphatic carbocycles. The van der Waals surface area contributed by atoms with E-state index in [9.17, 15) is 9.18 Å². The molecule has 0 saturated heterocycles. The zero-order valence-corrected chi connectivity index (χ0v) is 14.4. The molecule has 23 heavy (non-hydrogen) atoms. The Morgan fingerprint density at radius 2 is 2.13 bits per heavy atom. The van der Waals surface area contributed by atoms with Gasteiger partial charge in [0.25, 0.3) is 0 Å². The van der Waals surface area contributed by atoms with E-state index in [0.717, 1.165) is 17.5 Å². The minimum atomic E-state index is -0.430. The lowest BCUT2D eigenvalue weighted by atomic mass is 10.0. The van der Waals surface area contributed by atoms with Crippen LogP contribution in [-0.2, 0) is 4.79 Å². The van der Waals surface area contributed by atoms with Gasteiger partial charge in [-0.15, -0.1) is 11.8 Å². The predicted molar refractivity (Wildman–Crippen MR) is 94.3 cm³/mol. The van der Waals surface area contributed by atoms with Crippen molar-refractivity contribution in [2.45, 2.75) is 5.25 Å². The third-order valence-corrected chi connectivity index (χ3v) is 4.80. The Labute approximate surface area is 144 Å². The first-order valence-electron chi connectivity index (χ1n) is 6.97. The van der Waals surface area contributed by atoms with Gasteiger partial charge in [0, 0.05) is 23.3 Å². The minimum Gasteiger partial charge on any atom is -0.494 e. The molecule has 0 bridgehead atoms. The number of nitrogens with one attached hydrogen (secondary N) is 1. The lowest BCUT2D eigenvalue weighted by Gasteiger charge is -2.21. The molecule has 122 valence electrons.